The van der Waals surface area contributed by atoms with Crippen molar-refractivity contribution in [1.82, 2.24) is 4.90 Å². The van der Waals surface area contributed by atoms with Gasteiger partial charge in [-0.05, 0) is 12.1 Å². The Hall–Kier alpha value is -2.62. The van der Waals surface area contributed by atoms with Crippen molar-refractivity contribution in [3.8, 4) is 5.75 Å². The molecule has 142 valence electrons. The predicted octanol–water partition coefficient (Wildman–Crippen LogP) is 1.93. The third-order valence-electron chi connectivity index (χ3n) is 3.73. The first-order valence-corrected chi connectivity index (χ1v) is 7.55. The summed E-state index contributed by atoms with van der Waals surface area (Å²) in [6.07, 6.45) is -4.62. The van der Waals surface area contributed by atoms with E-state index in [-0.39, 0.29) is 36.4 Å². The number of aromatic hydroxyl groups is 1. The Morgan fingerprint density at radius 2 is 2.08 bits per heavy atom. The molecule has 1 amide bonds. The lowest BCUT2D eigenvalue weighted by Crippen LogP contribution is -2.44. The molecule has 1 heterocycles. The van der Waals surface area contributed by atoms with E-state index in [1.54, 1.807) is 0 Å². The third kappa shape index (κ3) is 4.94. The smallest absolute Gasteiger partial charge is 0.430 e. The van der Waals surface area contributed by atoms with Gasteiger partial charge in [-0.15, -0.1) is 0 Å². The summed E-state index contributed by atoms with van der Waals surface area (Å²) >= 11 is 0. The van der Waals surface area contributed by atoms with Gasteiger partial charge in [0, 0.05) is 30.6 Å². The summed E-state index contributed by atoms with van der Waals surface area (Å²) in [6.45, 7) is 0.524. The minimum atomic E-state index is -4.86. The summed E-state index contributed by atoms with van der Waals surface area (Å²) < 4.78 is 56.4. The summed E-state index contributed by atoms with van der Waals surface area (Å²) in [5.74, 6) is -2.15. The van der Waals surface area contributed by atoms with Gasteiger partial charge < -0.3 is 20.5 Å². The minimum absolute atomic E-state index is 0.0527. The van der Waals surface area contributed by atoms with E-state index in [1.165, 1.54) is 12.1 Å². The van der Waals surface area contributed by atoms with Gasteiger partial charge in [0.2, 0.25) is 0 Å². The fourth-order valence-corrected chi connectivity index (χ4v) is 2.26. The average Bonchev–Trinajstić information content (AvgIpc) is 2.49. The van der Waals surface area contributed by atoms with Crippen molar-refractivity contribution in [2.24, 2.45) is 11.7 Å². The van der Waals surface area contributed by atoms with Crippen LogP contribution in [0, 0.1) is 17.1 Å². The van der Waals surface area contributed by atoms with Gasteiger partial charge >= 0.3 is 6.18 Å². The molecule has 4 N–H and O–H groups in total. The fourth-order valence-electron chi connectivity index (χ4n) is 2.26. The lowest BCUT2D eigenvalue weighted by atomic mass is 10.1. The first-order valence-electron chi connectivity index (χ1n) is 7.55. The number of allylic oxidation sites excluding steroid dienone is 1. The van der Waals surface area contributed by atoms with E-state index in [9.17, 15) is 27.5 Å². The summed E-state index contributed by atoms with van der Waals surface area (Å²) in [5.41, 5.74) is 2.36. The molecule has 0 spiro atoms. The van der Waals surface area contributed by atoms with Crippen molar-refractivity contribution in [3.63, 3.8) is 0 Å². The minimum Gasteiger partial charge on any atom is -0.508 e. The van der Waals surface area contributed by atoms with E-state index in [4.69, 9.17) is 15.9 Å². The van der Waals surface area contributed by atoms with E-state index < -0.39 is 29.3 Å². The molecule has 1 aliphatic heterocycles. The first kappa shape index (κ1) is 19.7. The fraction of sp³-hybridized carbons (Fsp3) is 0.375. The van der Waals surface area contributed by atoms with Crippen molar-refractivity contribution in [2.45, 2.75) is 12.7 Å². The van der Waals surface area contributed by atoms with Crippen LogP contribution in [0.3, 0.4) is 0 Å². The van der Waals surface area contributed by atoms with Crippen LogP contribution in [0.25, 0.3) is 0 Å². The second-order valence-electron chi connectivity index (χ2n) is 5.88. The summed E-state index contributed by atoms with van der Waals surface area (Å²) in [6, 6.07) is 3.34. The van der Waals surface area contributed by atoms with Crippen LogP contribution in [-0.4, -0.2) is 47.6 Å². The van der Waals surface area contributed by atoms with Crippen LogP contribution >= 0.6 is 0 Å². The molecule has 1 fully saturated rings. The molecule has 0 aliphatic carbocycles. The zero-order chi connectivity index (χ0) is 19.5. The molecule has 26 heavy (non-hydrogen) atoms. The second-order valence-corrected chi connectivity index (χ2v) is 5.88. The quantitative estimate of drug-likeness (QED) is 0.523. The number of nitrogens with two attached hydrogens (primary N) is 1. The van der Waals surface area contributed by atoms with E-state index in [0.29, 0.717) is 13.2 Å². The molecular weight excluding hydrogens is 358 g/mol. The molecular formula is C16H17F4N3O3. The monoisotopic (exact) mass is 375 g/mol. The number of amides is 1. The molecule has 1 aromatic carbocycles. The van der Waals surface area contributed by atoms with Gasteiger partial charge in [-0.25, -0.2) is 4.39 Å². The number of benzene rings is 1. The highest BCUT2D eigenvalue weighted by Crippen LogP contribution is 2.22. The number of alkyl halides is 3. The number of nitrogens with zero attached hydrogens (tertiary/aromatic N) is 1. The zero-order valence-electron chi connectivity index (χ0n) is 13.5. The molecule has 0 bridgehead atoms. The molecule has 0 aromatic heterocycles. The first-order chi connectivity index (χ1) is 12.1. The van der Waals surface area contributed by atoms with E-state index >= 15 is 0 Å². The van der Waals surface area contributed by atoms with E-state index in [0.717, 1.165) is 11.0 Å². The number of ether oxygens (including phenoxy) is 1. The maximum Gasteiger partial charge on any atom is 0.430 e. The molecule has 0 unspecified atom stereocenters. The summed E-state index contributed by atoms with van der Waals surface area (Å²) in [4.78, 5) is 13.4. The predicted molar refractivity (Wildman–Crippen MR) is 83.8 cm³/mol. The lowest BCUT2D eigenvalue weighted by Gasteiger charge is -2.32. The highest BCUT2D eigenvalue weighted by atomic mass is 19.4. The molecule has 1 aromatic rings. The number of phenols is 1. The summed E-state index contributed by atoms with van der Waals surface area (Å²) in [5, 5.41) is 16.8. The van der Waals surface area contributed by atoms with Crippen molar-refractivity contribution >= 4 is 11.6 Å². The molecule has 2 rings (SSSR count). The molecule has 0 saturated carbocycles. The van der Waals surface area contributed by atoms with Crippen LogP contribution in [-0.2, 0) is 16.1 Å². The molecule has 0 radical (unpaired) electrons. The maximum absolute atomic E-state index is 13.9. The number of carbonyl (C=O) groups excluding carboxylic acids is 1. The second kappa shape index (κ2) is 7.73. The zero-order valence-corrected chi connectivity index (χ0v) is 13.5. The van der Waals surface area contributed by atoms with E-state index in [1.807, 2.05) is 0 Å². The van der Waals surface area contributed by atoms with Crippen LogP contribution in [0.2, 0.25) is 0 Å². The normalized spacial score (nSPS) is 15.5. The number of halogens is 4. The largest absolute Gasteiger partial charge is 0.508 e. The number of hydrogen-bond donors (Lipinski definition) is 3. The Morgan fingerprint density at radius 1 is 1.42 bits per heavy atom. The maximum atomic E-state index is 13.9. The van der Waals surface area contributed by atoms with Gasteiger partial charge in [0.05, 0.1) is 13.2 Å². The Morgan fingerprint density at radius 3 is 2.58 bits per heavy atom. The van der Waals surface area contributed by atoms with Crippen LogP contribution in [0.15, 0.2) is 30.0 Å². The van der Waals surface area contributed by atoms with Gasteiger partial charge in [0.1, 0.15) is 23.0 Å². The summed E-state index contributed by atoms with van der Waals surface area (Å²) in [7, 11) is 0. The van der Waals surface area contributed by atoms with Crippen molar-refractivity contribution in [3.05, 3.63) is 41.4 Å². The lowest BCUT2D eigenvalue weighted by molar-refractivity contribution is -0.128. The molecule has 0 atom stereocenters. The van der Waals surface area contributed by atoms with Crippen LogP contribution in [0.5, 0.6) is 5.75 Å². The molecule has 6 nitrogen and oxygen atoms in total. The Balaban J connectivity index is 2.20. The standard InChI is InChI=1S/C16H17F4N3O3/c17-12-3-11(24)2-1-10(12)6-23(5-9-7-26-8-9)15(25)13(21)4-14(22)16(18,19)20/h1-4,9,21,24H,5-8,22H2. The Labute approximate surface area is 146 Å². The molecule has 10 heteroatoms. The number of rotatable bonds is 6. The van der Waals surface area contributed by atoms with Crippen molar-refractivity contribution < 1.29 is 32.2 Å². The SMILES string of the molecule is N=C(C=C(N)C(F)(F)F)C(=O)N(Cc1ccc(O)cc1F)CC1COC1. The number of nitrogens with one attached hydrogen (secondary N) is 1. The highest BCUT2D eigenvalue weighted by Gasteiger charge is 2.33. The number of hydrogen-bond acceptors (Lipinski definition) is 5. The van der Waals surface area contributed by atoms with Crippen molar-refractivity contribution in [2.75, 3.05) is 19.8 Å². The van der Waals surface area contributed by atoms with Gasteiger partial charge in [-0.3, -0.25) is 10.2 Å². The van der Waals surface area contributed by atoms with Gasteiger partial charge in [0.25, 0.3) is 5.91 Å². The van der Waals surface area contributed by atoms with Crippen molar-refractivity contribution in [1.29, 1.82) is 5.41 Å². The Kier molecular flexibility index (Phi) is 5.86. The molecule has 1 saturated heterocycles. The van der Waals surface area contributed by atoms with Crippen LogP contribution in [0.1, 0.15) is 5.56 Å². The van der Waals surface area contributed by atoms with Gasteiger partial charge in [0.15, 0.2) is 0 Å². The molecule has 1 aliphatic rings. The average molecular weight is 375 g/mol. The van der Waals surface area contributed by atoms with E-state index in [2.05, 4.69) is 0 Å². The topological polar surface area (TPSA) is 99.6 Å². The van der Waals surface area contributed by atoms with Crippen LogP contribution < -0.4 is 5.73 Å². The third-order valence-corrected chi connectivity index (χ3v) is 3.73. The van der Waals surface area contributed by atoms with Gasteiger partial charge in [-0.2, -0.15) is 13.2 Å². The Bertz CT molecular complexity index is 730. The van der Waals surface area contributed by atoms with Crippen LogP contribution in [0.4, 0.5) is 17.6 Å². The number of phenolic OH excluding ortho intramolecular Hbond substituents is 1. The highest BCUT2D eigenvalue weighted by molar-refractivity contribution is 6.42. The number of carbonyl (C=O) groups is 1. The van der Waals surface area contributed by atoms with Gasteiger partial charge in [-0.1, -0.05) is 6.07 Å².